The monoisotopic (exact) mass is 439 g/mol. The molecule has 8 nitrogen and oxygen atoms in total. The van der Waals surface area contributed by atoms with E-state index in [1.54, 1.807) is 66.7 Å². The van der Waals surface area contributed by atoms with Crippen molar-refractivity contribution in [3.05, 3.63) is 77.9 Å². The van der Waals surface area contributed by atoms with Gasteiger partial charge in [0.15, 0.2) is 0 Å². The normalized spacial score (nSPS) is 16.5. The number of hydrogen-bond acceptors (Lipinski definition) is 6. The molecule has 0 saturated heterocycles. The van der Waals surface area contributed by atoms with Crippen LogP contribution in [0.4, 0.5) is 11.4 Å². The van der Waals surface area contributed by atoms with Crippen LogP contribution in [0.5, 0.6) is 11.5 Å². The summed E-state index contributed by atoms with van der Waals surface area (Å²) in [7, 11) is -0.582. The first kappa shape index (κ1) is 20.7. The molecule has 4 rings (SSSR count). The summed E-state index contributed by atoms with van der Waals surface area (Å²) in [5, 5.41) is 5.97. The molecule has 1 aliphatic rings. The van der Waals surface area contributed by atoms with Crippen molar-refractivity contribution in [3.8, 4) is 11.5 Å². The van der Waals surface area contributed by atoms with Crippen molar-refractivity contribution in [2.45, 2.75) is 11.1 Å². The number of benzene rings is 3. The van der Waals surface area contributed by atoms with Gasteiger partial charge in [-0.3, -0.25) is 4.79 Å². The van der Waals surface area contributed by atoms with Gasteiger partial charge in [0.2, 0.25) is 10.0 Å². The van der Waals surface area contributed by atoms with Gasteiger partial charge < -0.3 is 20.1 Å². The third kappa shape index (κ3) is 4.18. The Labute approximate surface area is 180 Å². The smallest absolute Gasteiger partial charge is 0.255 e. The summed E-state index contributed by atoms with van der Waals surface area (Å²) in [6, 6.07) is 18.5. The summed E-state index contributed by atoms with van der Waals surface area (Å²) in [5.41, 5.74) is 2.09. The van der Waals surface area contributed by atoms with Gasteiger partial charge >= 0.3 is 0 Å². The standard InChI is InChI=1S/C22H21N3O5S/c1-29-16-11-12-19(30-2)18(13-16)24-22(26)15-9-7-14(8-10-15)21-23-17-5-3-4-6-20(17)31(27,28)25-21/h3-13,21,23,25H,1-2H3,(H,24,26)/t21-/m0/s1. The highest BCUT2D eigenvalue weighted by molar-refractivity contribution is 7.89. The van der Waals surface area contributed by atoms with Gasteiger partial charge in [0.05, 0.1) is 25.6 Å². The van der Waals surface area contributed by atoms with E-state index in [9.17, 15) is 13.2 Å². The maximum absolute atomic E-state index is 12.7. The van der Waals surface area contributed by atoms with Gasteiger partial charge in [-0.1, -0.05) is 24.3 Å². The molecule has 0 unspecified atom stereocenters. The molecule has 0 radical (unpaired) electrons. The molecule has 0 saturated carbocycles. The molecule has 0 aromatic heterocycles. The fraction of sp³-hybridized carbons (Fsp3) is 0.136. The van der Waals surface area contributed by atoms with Crippen molar-refractivity contribution in [1.82, 2.24) is 4.72 Å². The van der Waals surface area contributed by atoms with Gasteiger partial charge in [-0.15, -0.1) is 0 Å². The number of anilines is 2. The predicted molar refractivity (Wildman–Crippen MR) is 117 cm³/mol. The van der Waals surface area contributed by atoms with Crippen molar-refractivity contribution >= 4 is 27.3 Å². The molecule has 3 N–H and O–H groups in total. The number of sulfonamides is 1. The van der Waals surface area contributed by atoms with Gasteiger partial charge in [0.1, 0.15) is 22.6 Å². The molecule has 1 heterocycles. The van der Waals surface area contributed by atoms with E-state index in [0.717, 1.165) is 0 Å². The second kappa shape index (κ2) is 8.29. The van der Waals surface area contributed by atoms with Crippen molar-refractivity contribution in [2.75, 3.05) is 24.9 Å². The van der Waals surface area contributed by atoms with Crippen LogP contribution in [0, 0.1) is 0 Å². The van der Waals surface area contributed by atoms with Crippen LogP contribution >= 0.6 is 0 Å². The van der Waals surface area contributed by atoms with E-state index in [1.165, 1.54) is 14.2 Å². The summed E-state index contributed by atoms with van der Waals surface area (Å²) in [4.78, 5) is 12.9. The molecule has 0 bridgehead atoms. The van der Waals surface area contributed by atoms with Crippen molar-refractivity contribution < 1.29 is 22.7 Å². The van der Waals surface area contributed by atoms with Crippen LogP contribution in [-0.4, -0.2) is 28.5 Å². The first-order valence-electron chi connectivity index (χ1n) is 9.42. The summed E-state index contributed by atoms with van der Waals surface area (Å²) in [5.74, 6) is 0.758. The molecule has 1 amide bonds. The zero-order valence-corrected chi connectivity index (χ0v) is 17.7. The number of rotatable bonds is 5. The van der Waals surface area contributed by atoms with E-state index in [2.05, 4.69) is 15.4 Å². The van der Waals surface area contributed by atoms with E-state index in [1.807, 2.05) is 0 Å². The van der Waals surface area contributed by atoms with Crippen LogP contribution < -0.4 is 24.8 Å². The predicted octanol–water partition coefficient (Wildman–Crippen LogP) is 3.36. The summed E-state index contributed by atoms with van der Waals surface area (Å²) in [6.45, 7) is 0. The van der Waals surface area contributed by atoms with E-state index >= 15 is 0 Å². The van der Waals surface area contributed by atoms with E-state index in [0.29, 0.717) is 34.0 Å². The minimum absolute atomic E-state index is 0.203. The van der Waals surface area contributed by atoms with E-state index in [-0.39, 0.29) is 10.8 Å². The van der Waals surface area contributed by atoms with Gasteiger partial charge in [0.25, 0.3) is 5.91 Å². The molecule has 31 heavy (non-hydrogen) atoms. The summed E-state index contributed by atoms with van der Waals surface area (Å²) >= 11 is 0. The van der Waals surface area contributed by atoms with Crippen LogP contribution in [0.25, 0.3) is 0 Å². The number of nitrogens with one attached hydrogen (secondary N) is 3. The van der Waals surface area contributed by atoms with Gasteiger partial charge in [-0.2, -0.15) is 4.72 Å². The molecule has 1 aliphatic heterocycles. The SMILES string of the molecule is COc1ccc(OC)c(NC(=O)c2ccc([C@H]3Nc4ccccc4S(=O)(=O)N3)cc2)c1. The number of methoxy groups -OCH3 is 2. The Balaban J connectivity index is 1.53. The Morgan fingerprint density at radius 1 is 0.968 bits per heavy atom. The number of hydrogen-bond donors (Lipinski definition) is 3. The van der Waals surface area contributed by atoms with E-state index in [4.69, 9.17) is 9.47 Å². The van der Waals surface area contributed by atoms with Crippen molar-refractivity contribution in [3.63, 3.8) is 0 Å². The molecule has 0 spiro atoms. The molecular weight excluding hydrogens is 418 g/mol. The lowest BCUT2D eigenvalue weighted by atomic mass is 10.1. The average Bonchev–Trinajstić information content (AvgIpc) is 2.78. The Bertz CT molecular complexity index is 1230. The first-order chi connectivity index (χ1) is 14.9. The maximum Gasteiger partial charge on any atom is 0.255 e. The number of amides is 1. The Kier molecular flexibility index (Phi) is 5.53. The molecule has 9 heteroatoms. The average molecular weight is 439 g/mol. The second-order valence-electron chi connectivity index (χ2n) is 6.84. The highest BCUT2D eigenvalue weighted by Gasteiger charge is 2.29. The largest absolute Gasteiger partial charge is 0.497 e. The fourth-order valence-corrected chi connectivity index (χ4v) is 4.61. The van der Waals surface area contributed by atoms with Crippen LogP contribution in [0.3, 0.4) is 0 Å². The molecule has 3 aromatic rings. The molecule has 0 aliphatic carbocycles. The zero-order chi connectivity index (χ0) is 22.0. The molecule has 0 fully saturated rings. The van der Waals surface area contributed by atoms with Crippen LogP contribution in [-0.2, 0) is 10.0 Å². The minimum Gasteiger partial charge on any atom is -0.497 e. The second-order valence-corrected chi connectivity index (χ2v) is 8.52. The number of carbonyl (C=O) groups excluding carboxylic acids is 1. The lowest BCUT2D eigenvalue weighted by Gasteiger charge is -2.28. The Hall–Kier alpha value is -3.56. The van der Waals surface area contributed by atoms with Crippen LogP contribution in [0.2, 0.25) is 0 Å². The van der Waals surface area contributed by atoms with Gasteiger partial charge in [-0.25, -0.2) is 8.42 Å². The lowest BCUT2D eigenvalue weighted by Crippen LogP contribution is -2.38. The van der Waals surface area contributed by atoms with E-state index < -0.39 is 16.2 Å². The maximum atomic E-state index is 12.7. The van der Waals surface area contributed by atoms with Crippen molar-refractivity contribution in [2.24, 2.45) is 0 Å². The van der Waals surface area contributed by atoms with Crippen molar-refractivity contribution in [1.29, 1.82) is 0 Å². The quantitative estimate of drug-likeness (QED) is 0.563. The number of para-hydroxylation sites is 1. The minimum atomic E-state index is -3.64. The number of fused-ring (bicyclic) bond motifs is 1. The number of carbonyl (C=O) groups is 1. The third-order valence-electron chi connectivity index (χ3n) is 4.91. The lowest BCUT2D eigenvalue weighted by molar-refractivity contribution is 0.102. The molecule has 1 atom stereocenters. The van der Waals surface area contributed by atoms with Crippen LogP contribution in [0.15, 0.2) is 71.6 Å². The topological polar surface area (TPSA) is 106 Å². The molecular formula is C22H21N3O5S. The molecule has 160 valence electrons. The Morgan fingerprint density at radius 2 is 1.71 bits per heavy atom. The summed E-state index contributed by atoms with van der Waals surface area (Å²) in [6.07, 6.45) is -0.643. The fourth-order valence-electron chi connectivity index (χ4n) is 3.31. The zero-order valence-electron chi connectivity index (χ0n) is 16.9. The number of ether oxygens (including phenoxy) is 2. The Morgan fingerprint density at radius 3 is 2.42 bits per heavy atom. The summed E-state index contributed by atoms with van der Waals surface area (Å²) < 4.78 is 38.1. The third-order valence-corrected chi connectivity index (χ3v) is 6.39. The highest BCUT2D eigenvalue weighted by Crippen LogP contribution is 2.31. The first-order valence-corrected chi connectivity index (χ1v) is 10.9. The van der Waals surface area contributed by atoms with Crippen LogP contribution in [0.1, 0.15) is 22.1 Å². The van der Waals surface area contributed by atoms with Gasteiger partial charge in [-0.05, 0) is 42.0 Å². The highest BCUT2D eigenvalue weighted by atomic mass is 32.2. The molecule has 3 aromatic carbocycles. The van der Waals surface area contributed by atoms with Gasteiger partial charge in [0, 0.05) is 11.6 Å².